The number of thiazole rings is 1. The number of carbonyl (C=O) groups is 1. The molecule has 2 rings (SSSR count). The van der Waals surface area contributed by atoms with Gasteiger partial charge in [0.25, 0.3) is 0 Å². The fraction of sp³-hybridized carbons (Fsp3) is 0.500. The van der Waals surface area contributed by atoms with Crippen molar-refractivity contribution in [1.82, 2.24) is 9.88 Å². The third-order valence-electron chi connectivity index (χ3n) is 3.08. The van der Waals surface area contributed by atoms with E-state index in [1.807, 2.05) is 38.3 Å². The van der Waals surface area contributed by atoms with Crippen molar-refractivity contribution in [1.29, 1.82) is 0 Å². The van der Waals surface area contributed by atoms with Crippen molar-refractivity contribution in [2.45, 2.75) is 25.2 Å². The zero-order valence-electron chi connectivity index (χ0n) is 9.86. The van der Waals surface area contributed by atoms with E-state index in [2.05, 4.69) is 4.98 Å². The Morgan fingerprint density at radius 1 is 1.56 bits per heavy atom. The normalized spacial score (nSPS) is 27.7. The molecule has 0 bridgehead atoms. The highest BCUT2D eigenvalue weighted by Crippen LogP contribution is 2.41. The van der Waals surface area contributed by atoms with E-state index < -0.39 is 0 Å². The van der Waals surface area contributed by atoms with Crippen molar-refractivity contribution in [3.8, 4) is 0 Å². The van der Waals surface area contributed by atoms with Crippen LogP contribution in [-0.2, 0) is 10.2 Å². The lowest BCUT2D eigenvalue weighted by Crippen LogP contribution is -2.26. The Hall–Kier alpha value is -1.16. The monoisotopic (exact) mass is 236 g/mol. The zero-order chi connectivity index (χ0) is 11.8. The number of aromatic nitrogens is 1. The smallest absolute Gasteiger partial charge is 0.171 e. The quantitative estimate of drug-likeness (QED) is 0.738. The largest absolute Gasteiger partial charge is 0.383 e. The van der Waals surface area contributed by atoms with Gasteiger partial charge in [-0.25, -0.2) is 0 Å². The van der Waals surface area contributed by atoms with E-state index in [4.69, 9.17) is 0 Å². The molecule has 0 N–H and O–H groups in total. The van der Waals surface area contributed by atoms with Gasteiger partial charge < -0.3 is 4.90 Å². The van der Waals surface area contributed by atoms with Crippen LogP contribution in [0, 0.1) is 0 Å². The van der Waals surface area contributed by atoms with Crippen LogP contribution in [0.4, 0.5) is 0 Å². The Labute approximate surface area is 99.8 Å². The van der Waals surface area contributed by atoms with Gasteiger partial charge in [-0.05, 0) is 19.8 Å². The first-order valence-corrected chi connectivity index (χ1v) is 6.23. The molecule has 1 atom stereocenters. The molecule has 0 amide bonds. The average Bonchev–Trinajstić information content (AvgIpc) is 2.82. The molecule has 16 heavy (non-hydrogen) atoms. The van der Waals surface area contributed by atoms with Crippen LogP contribution in [0.25, 0.3) is 0 Å². The zero-order valence-corrected chi connectivity index (χ0v) is 10.7. The summed E-state index contributed by atoms with van der Waals surface area (Å²) in [5.74, 6) is 0.255. The summed E-state index contributed by atoms with van der Waals surface area (Å²) in [5.41, 5.74) is 2.38. The molecule has 0 spiro atoms. The molecule has 3 nitrogen and oxygen atoms in total. The van der Waals surface area contributed by atoms with Gasteiger partial charge in [-0.2, -0.15) is 0 Å². The molecule has 1 aromatic heterocycles. The maximum Gasteiger partial charge on any atom is 0.171 e. The van der Waals surface area contributed by atoms with Crippen molar-refractivity contribution in [3.05, 3.63) is 28.4 Å². The van der Waals surface area contributed by atoms with Gasteiger partial charge in [0.2, 0.25) is 0 Å². The predicted octanol–water partition coefficient (Wildman–Crippen LogP) is 2.21. The molecule has 0 aliphatic heterocycles. The van der Waals surface area contributed by atoms with Crippen LogP contribution >= 0.6 is 11.3 Å². The van der Waals surface area contributed by atoms with Crippen LogP contribution in [-0.4, -0.2) is 29.8 Å². The highest BCUT2D eigenvalue weighted by atomic mass is 32.1. The standard InChI is InChI=1S/C12H16N2OS/c1-12(10-6-13-8-16-10)5-4-9(11(12)15)7-14(2)3/h6-8H,4-5H2,1-3H3. The summed E-state index contributed by atoms with van der Waals surface area (Å²) in [7, 11) is 3.89. The minimum atomic E-state index is -0.344. The Morgan fingerprint density at radius 3 is 2.88 bits per heavy atom. The minimum Gasteiger partial charge on any atom is -0.383 e. The summed E-state index contributed by atoms with van der Waals surface area (Å²) < 4.78 is 0. The van der Waals surface area contributed by atoms with E-state index in [-0.39, 0.29) is 11.2 Å². The van der Waals surface area contributed by atoms with Crippen LogP contribution in [0.3, 0.4) is 0 Å². The lowest BCUT2D eigenvalue weighted by atomic mass is 9.86. The molecule has 1 heterocycles. The van der Waals surface area contributed by atoms with Gasteiger partial charge in [0.05, 0.1) is 10.9 Å². The molecular formula is C12H16N2OS. The summed E-state index contributed by atoms with van der Waals surface area (Å²) in [6.45, 7) is 2.03. The van der Waals surface area contributed by atoms with Crippen LogP contribution in [0.15, 0.2) is 23.5 Å². The summed E-state index contributed by atoms with van der Waals surface area (Å²) in [6.07, 6.45) is 5.52. The SMILES string of the molecule is CN(C)C=C1CCC(C)(c2cncs2)C1=O. The molecule has 0 radical (unpaired) electrons. The molecule has 1 fully saturated rings. The third kappa shape index (κ3) is 1.78. The Kier molecular flexibility index (Phi) is 2.84. The van der Waals surface area contributed by atoms with Crippen LogP contribution in [0.5, 0.6) is 0 Å². The molecule has 0 aromatic carbocycles. The van der Waals surface area contributed by atoms with E-state index in [1.54, 1.807) is 16.8 Å². The van der Waals surface area contributed by atoms with E-state index in [9.17, 15) is 4.79 Å². The Balaban J connectivity index is 2.31. The Bertz CT molecular complexity index is 422. The second-order valence-electron chi connectivity index (χ2n) is 4.64. The molecule has 1 unspecified atom stereocenters. The van der Waals surface area contributed by atoms with Gasteiger partial charge in [-0.15, -0.1) is 11.3 Å². The summed E-state index contributed by atoms with van der Waals surface area (Å²) in [5, 5.41) is 0. The molecule has 1 aliphatic carbocycles. The lowest BCUT2D eigenvalue weighted by molar-refractivity contribution is -0.118. The molecular weight excluding hydrogens is 220 g/mol. The molecule has 86 valence electrons. The van der Waals surface area contributed by atoms with Gasteiger partial charge >= 0.3 is 0 Å². The number of hydrogen-bond acceptors (Lipinski definition) is 4. The molecule has 4 heteroatoms. The van der Waals surface area contributed by atoms with Crippen molar-refractivity contribution in [2.24, 2.45) is 0 Å². The third-order valence-corrected chi connectivity index (χ3v) is 4.11. The summed E-state index contributed by atoms with van der Waals surface area (Å²) in [4.78, 5) is 19.4. The van der Waals surface area contributed by atoms with Gasteiger partial charge in [-0.1, -0.05) is 0 Å². The summed E-state index contributed by atoms with van der Waals surface area (Å²) in [6, 6.07) is 0. The second kappa shape index (κ2) is 4.01. The maximum atomic E-state index is 12.3. The van der Waals surface area contributed by atoms with E-state index in [0.717, 1.165) is 23.3 Å². The highest BCUT2D eigenvalue weighted by Gasteiger charge is 2.43. The van der Waals surface area contributed by atoms with Crippen LogP contribution in [0.1, 0.15) is 24.6 Å². The maximum absolute atomic E-state index is 12.3. The lowest BCUT2D eigenvalue weighted by Gasteiger charge is -2.19. The first-order valence-electron chi connectivity index (χ1n) is 5.35. The van der Waals surface area contributed by atoms with Crippen molar-refractivity contribution >= 4 is 17.1 Å². The number of hydrogen-bond donors (Lipinski definition) is 0. The summed E-state index contributed by atoms with van der Waals surface area (Å²) >= 11 is 1.57. The van der Waals surface area contributed by atoms with Gasteiger partial charge in [0.15, 0.2) is 5.78 Å². The number of carbonyl (C=O) groups excluding carboxylic acids is 1. The number of nitrogens with zero attached hydrogens (tertiary/aromatic N) is 2. The molecule has 1 aliphatic rings. The number of ketones is 1. The first kappa shape index (κ1) is 11.3. The highest BCUT2D eigenvalue weighted by molar-refractivity contribution is 7.09. The van der Waals surface area contributed by atoms with E-state index >= 15 is 0 Å². The number of Topliss-reactive ketones (excluding diaryl/α,β-unsaturated/α-hetero) is 1. The fourth-order valence-electron chi connectivity index (χ4n) is 2.12. The second-order valence-corrected chi connectivity index (χ2v) is 5.53. The Morgan fingerprint density at radius 2 is 2.31 bits per heavy atom. The predicted molar refractivity (Wildman–Crippen MR) is 65.5 cm³/mol. The molecule has 1 aromatic rings. The molecule has 0 saturated heterocycles. The first-order chi connectivity index (χ1) is 7.54. The molecule has 1 saturated carbocycles. The number of allylic oxidation sites excluding steroid dienone is 1. The van der Waals surface area contributed by atoms with Crippen LogP contribution in [0.2, 0.25) is 0 Å². The van der Waals surface area contributed by atoms with E-state index in [1.165, 1.54) is 0 Å². The fourth-order valence-corrected chi connectivity index (χ4v) is 2.94. The van der Waals surface area contributed by atoms with Gasteiger partial charge in [-0.3, -0.25) is 9.78 Å². The van der Waals surface area contributed by atoms with Crippen molar-refractivity contribution in [2.75, 3.05) is 14.1 Å². The van der Waals surface area contributed by atoms with Crippen LogP contribution < -0.4 is 0 Å². The number of rotatable bonds is 2. The van der Waals surface area contributed by atoms with Gasteiger partial charge in [0.1, 0.15) is 0 Å². The van der Waals surface area contributed by atoms with Crippen molar-refractivity contribution < 1.29 is 4.79 Å². The minimum absolute atomic E-state index is 0.255. The average molecular weight is 236 g/mol. The van der Waals surface area contributed by atoms with E-state index in [0.29, 0.717) is 0 Å². The topological polar surface area (TPSA) is 33.2 Å². The van der Waals surface area contributed by atoms with Gasteiger partial charge in [0, 0.05) is 36.9 Å². The van der Waals surface area contributed by atoms with Crippen molar-refractivity contribution in [3.63, 3.8) is 0 Å².